The van der Waals surface area contributed by atoms with E-state index in [1.807, 2.05) is 0 Å². The number of benzene rings is 2. The molecule has 1 atom stereocenters. The number of nitrogens with one attached hydrogen (secondary N) is 1. The van der Waals surface area contributed by atoms with E-state index < -0.39 is 6.10 Å². The van der Waals surface area contributed by atoms with E-state index >= 15 is 0 Å². The molecule has 0 fully saturated rings. The lowest BCUT2D eigenvalue weighted by molar-refractivity contribution is 0.0916. The number of aliphatic hydroxyl groups excluding tert-OH is 1. The zero-order chi connectivity index (χ0) is 15.2. The van der Waals surface area contributed by atoms with E-state index in [-0.39, 0.29) is 12.5 Å². The third kappa shape index (κ3) is 4.21. The Morgan fingerprint density at radius 1 is 1.29 bits per heavy atom. The molecule has 0 radical (unpaired) electrons. The van der Waals surface area contributed by atoms with Crippen LogP contribution in [0.1, 0.15) is 22.0 Å². The maximum Gasteiger partial charge on any atom is 0.251 e. The fraction of sp³-hybridized carbons (Fsp3) is 0.188. The number of rotatable bonds is 5. The summed E-state index contributed by atoms with van der Waals surface area (Å²) in [6, 6.07) is 13.7. The molecule has 0 saturated carbocycles. The summed E-state index contributed by atoms with van der Waals surface area (Å²) in [6.45, 7) is 0.123. The summed E-state index contributed by atoms with van der Waals surface area (Å²) in [7, 11) is 1.58. The van der Waals surface area contributed by atoms with Gasteiger partial charge in [-0.3, -0.25) is 4.79 Å². The molecule has 0 spiro atoms. The average molecular weight is 306 g/mol. The van der Waals surface area contributed by atoms with Gasteiger partial charge in [0.05, 0.1) is 13.2 Å². The first-order valence-electron chi connectivity index (χ1n) is 6.46. The Bertz CT molecular complexity index is 613. The van der Waals surface area contributed by atoms with E-state index in [0.29, 0.717) is 21.9 Å². The van der Waals surface area contributed by atoms with Crippen molar-refractivity contribution < 1.29 is 14.6 Å². The lowest BCUT2D eigenvalue weighted by Gasteiger charge is -2.13. The summed E-state index contributed by atoms with van der Waals surface area (Å²) < 4.78 is 5.05. The van der Waals surface area contributed by atoms with E-state index in [9.17, 15) is 9.90 Å². The minimum absolute atomic E-state index is 0.123. The summed E-state index contributed by atoms with van der Waals surface area (Å²) >= 11 is 5.83. The standard InChI is InChI=1S/C16H16ClNO3/c1-21-14-7-5-11(6-8-14)15(19)10-18-16(20)12-3-2-4-13(17)9-12/h2-9,15,19H,10H2,1H3,(H,18,20). The van der Waals surface area contributed by atoms with Crippen molar-refractivity contribution >= 4 is 17.5 Å². The number of halogens is 1. The number of amides is 1. The highest BCUT2D eigenvalue weighted by molar-refractivity contribution is 6.30. The van der Waals surface area contributed by atoms with Gasteiger partial charge in [0.25, 0.3) is 5.91 Å². The van der Waals surface area contributed by atoms with Gasteiger partial charge >= 0.3 is 0 Å². The molecule has 0 aliphatic carbocycles. The van der Waals surface area contributed by atoms with Crippen LogP contribution in [-0.4, -0.2) is 24.7 Å². The van der Waals surface area contributed by atoms with Gasteiger partial charge in [0.15, 0.2) is 0 Å². The molecule has 0 aliphatic heterocycles. The second-order valence-electron chi connectivity index (χ2n) is 4.51. The van der Waals surface area contributed by atoms with Crippen LogP contribution in [0.15, 0.2) is 48.5 Å². The molecule has 110 valence electrons. The van der Waals surface area contributed by atoms with Crippen LogP contribution in [0.4, 0.5) is 0 Å². The number of aliphatic hydroxyl groups is 1. The molecule has 5 heteroatoms. The molecule has 2 aromatic carbocycles. The van der Waals surface area contributed by atoms with Crippen LogP contribution < -0.4 is 10.1 Å². The van der Waals surface area contributed by atoms with Crippen LogP contribution in [-0.2, 0) is 0 Å². The smallest absolute Gasteiger partial charge is 0.251 e. The average Bonchev–Trinajstić information content (AvgIpc) is 2.52. The minimum Gasteiger partial charge on any atom is -0.497 e. The zero-order valence-electron chi connectivity index (χ0n) is 11.5. The topological polar surface area (TPSA) is 58.6 Å². The van der Waals surface area contributed by atoms with Crippen LogP contribution >= 0.6 is 11.6 Å². The van der Waals surface area contributed by atoms with Crippen molar-refractivity contribution in [1.29, 1.82) is 0 Å². The molecule has 2 N–H and O–H groups in total. The molecule has 0 saturated heterocycles. The first-order chi connectivity index (χ1) is 10.1. The summed E-state index contributed by atoms with van der Waals surface area (Å²) in [5, 5.41) is 13.2. The van der Waals surface area contributed by atoms with E-state index in [1.54, 1.807) is 55.6 Å². The predicted octanol–water partition coefficient (Wildman–Crippen LogP) is 2.81. The Balaban J connectivity index is 1.93. The van der Waals surface area contributed by atoms with Crippen molar-refractivity contribution in [3.63, 3.8) is 0 Å². The molecule has 0 aliphatic rings. The number of hydrogen-bond acceptors (Lipinski definition) is 3. The van der Waals surface area contributed by atoms with Crippen LogP contribution in [0.5, 0.6) is 5.75 Å². The van der Waals surface area contributed by atoms with Crippen molar-refractivity contribution in [1.82, 2.24) is 5.32 Å². The van der Waals surface area contributed by atoms with Gasteiger partial charge < -0.3 is 15.2 Å². The molecule has 2 aromatic rings. The molecule has 21 heavy (non-hydrogen) atoms. The van der Waals surface area contributed by atoms with Crippen molar-refractivity contribution in [3.8, 4) is 5.75 Å². The maximum atomic E-state index is 11.9. The van der Waals surface area contributed by atoms with Crippen molar-refractivity contribution in [3.05, 3.63) is 64.7 Å². The van der Waals surface area contributed by atoms with Gasteiger partial charge in [0.2, 0.25) is 0 Å². The van der Waals surface area contributed by atoms with Gasteiger partial charge in [0.1, 0.15) is 5.75 Å². The number of hydrogen-bond donors (Lipinski definition) is 2. The van der Waals surface area contributed by atoms with Crippen molar-refractivity contribution in [2.24, 2.45) is 0 Å². The third-order valence-corrected chi connectivity index (χ3v) is 3.28. The summed E-state index contributed by atoms with van der Waals surface area (Å²) in [6.07, 6.45) is -0.779. The fourth-order valence-electron chi connectivity index (χ4n) is 1.87. The Kier molecular flexibility index (Phi) is 5.20. The Morgan fingerprint density at radius 3 is 2.62 bits per heavy atom. The molecule has 1 amide bonds. The molecule has 0 bridgehead atoms. The second-order valence-corrected chi connectivity index (χ2v) is 4.95. The van der Waals surface area contributed by atoms with Gasteiger partial charge in [-0.25, -0.2) is 0 Å². The highest BCUT2D eigenvalue weighted by Gasteiger charge is 2.11. The van der Waals surface area contributed by atoms with Gasteiger partial charge in [-0.2, -0.15) is 0 Å². The van der Waals surface area contributed by atoms with Gasteiger partial charge in [-0.1, -0.05) is 29.8 Å². The largest absolute Gasteiger partial charge is 0.497 e. The monoisotopic (exact) mass is 305 g/mol. The second kappa shape index (κ2) is 7.11. The normalized spacial score (nSPS) is 11.8. The van der Waals surface area contributed by atoms with Crippen LogP contribution in [0.3, 0.4) is 0 Å². The lowest BCUT2D eigenvalue weighted by Crippen LogP contribution is -2.28. The summed E-state index contributed by atoms with van der Waals surface area (Å²) in [4.78, 5) is 11.9. The minimum atomic E-state index is -0.779. The quantitative estimate of drug-likeness (QED) is 0.893. The van der Waals surface area contributed by atoms with Crippen LogP contribution in [0, 0.1) is 0 Å². The van der Waals surface area contributed by atoms with Crippen molar-refractivity contribution in [2.75, 3.05) is 13.7 Å². The van der Waals surface area contributed by atoms with Crippen LogP contribution in [0.25, 0.3) is 0 Å². The Hall–Kier alpha value is -2.04. The number of methoxy groups -OCH3 is 1. The first kappa shape index (κ1) is 15.4. The highest BCUT2D eigenvalue weighted by atomic mass is 35.5. The number of ether oxygens (including phenoxy) is 1. The third-order valence-electron chi connectivity index (χ3n) is 3.04. The molecule has 0 aromatic heterocycles. The summed E-state index contributed by atoms with van der Waals surface area (Å²) in [5.74, 6) is 0.443. The number of carbonyl (C=O) groups is 1. The maximum absolute atomic E-state index is 11.9. The Labute approximate surface area is 128 Å². The zero-order valence-corrected chi connectivity index (χ0v) is 12.3. The van der Waals surface area contributed by atoms with E-state index in [0.717, 1.165) is 0 Å². The molecule has 0 heterocycles. The Morgan fingerprint density at radius 2 is 2.00 bits per heavy atom. The van der Waals surface area contributed by atoms with Crippen LogP contribution in [0.2, 0.25) is 5.02 Å². The number of carbonyl (C=O) groups excluding carboxylic acids is 1. The van der Waals surface area contributed by atoms with Gasteiger partial charge in [-0.15, -0.1) is 0 Å². The van der Waals surface area contributed by atoms with Gasteiger partial charge in [-0.05, 0) is 35.9 Å². The first-order valence-corrected chi connectivity index (χ1v) is 6.83. The fourth-order valence-corrected chi connectivity index (χ4v) is 2.06. The van der Waals surface area contributed by atoms with E-state index in [1.165, 1.54) is 0 Å². The van der Waals surface area contributed by atoms with E-state index in [2.05, 4.69) is 5.32 Å². The molecule has 2 rings (SSSR count). The van der Waals surface area contributed by atoms with Gasteiger partial charge in [0, 0.05) is 17.1 Å². The highest BCUT2D eigenvalue weighted by Crippen LogP contribution is 2.17. The van der Waals surface area contributed by atoms with E-state index in [4.69, 9.17) is 16.3 Å². The molecule has 1 unspecified atom stereocenters. The molecule has 4 nitrogen and oxygen atoms in total. The molecular formula is C16H16ClNO3. The lowest BCUT2D eigenvalue weighted by atomic mass is 10.1. The summed E-state index contributed by atoms with van der Waals surface area (Å²) in [5.41, 5.74) is 1.17. The SMILES string of the molecule is COc1ccc(C(O)CNC(=O)c2cccc(Cl)c2)cc1. The molecular weight excluding hydrogens is 290 g/mol. The predicted molar refractivity (Wildman–Crippen MR) is 81.7 cm³/mol. The van der Waals surface area contributed by atoms with Crippen molar-refractivity contribution in [2.45, 2.75) is 6.10 Å².